The van der Waals surface area contributed by atoms with Crippen molar-refractivity contribution in [1.82, 2.24) is 0 Å². The maximum absolute atomic E-state index is 15.2. The van der Waals surface area contributed by atoms with Crippen LogP contribution in [0, 0.1) is 17.7 Å². The summed E-state index contributed by atoms with van der Waals surface area (Å²) in [5.41, 5.74) is -0.216. The predicted molar refractivity (Wildman–Crippen MR) is 116 cm³/mol. The van der Waals surface area contributed by atoms with Crippen LogP contribution in [-0.4, -0.2) is 5.60 Å². The first kappa shape index (κ1) is 18.7. The number of benzene rings is 3. The summed E-state index contributed by atoms with van der Waals surface area (Å²) in [4.78, 5) is 3.35. The summed E-state index contributed by atoms with van der Waals surface area (Å²) in [5, 5.41) is 0. The third kappa shape index (κ3) is 3.57. The average molecular weight is 406 g/mol. The van der Waals surface area contributed by atoms with E-state index in [0.717, 1.165) is 17.2 Å². The topological polar surface area (TPSA) is 9.23 Å². The minimum Gasteiger partial charge on any atom is -0.484 e. The Balaban J connectivity index is 1.48. The van der Waals surface area contributed by atoms with Crippen molar-refractivity contribution in [2.24, 2.45) is 11.8 Å². The van der Waals surface area contributed by atoms with Crippen LogP contribution in [0.5, 0.6) is 5.75 Å². The quantitative estimate of drug-likeness (QED) is 0.421. The first-order valence-electron chi connectivity index (χ1n) is 10.5. The van der Waals surface area contributed by atoms with E-state index in [4.69, 9.17) is 4.74 Å². The highest BCUT2D eigenvalue weighted by Gasteiger charge is 2.50. The molecular weight excluding hydrogens is 379 g/mol. The Morgan fingerprint density at radius 1 is 0.862 bits per heavy atom. The van der Waals surface area contributed by atoms with Crippen LogP contribution in [0.25, 0.3) is 0 Å². The number of hydrogen-bond acceptors (Lipinski definition) is 1. The molecule has 3 aromatic carbocycles. The molecule has 2 fully saturated rings. The standard InChI is InChI=1S/C26H26FOS/c1-26(18-19-12-13-20(26)16-19)28-25-15-14-23(17-24(25)27)29(21-8-4-2-5-9-21)22-10-6-3-7-11-22/h2-11,14-15,17,19-20H,12-13,16,18H2,1H3/q+1. The second-order valence-corrected chi connectivity index (χ2v) is 10.5. The molecule has 0 aromatic heterocycles. The first-order chi connectivity index (χ1) is 14.1. The van der Waals surface area contributed by atoms with E-state index in [2.05, 4.69) is 31.2 Å². The van der Waals surface area contributed by atoms with Crippen LogP contribution in [0.1, 0.15) is 32.6 Å². The number of halogens is 1. The van der Waals surface area contributed by atoms with Gasteiger partial charge in [0.25, 0.3) is 0 Å². The Morgan fingerprint density at radius 3 is 2.03 bits per heavy atom. The third-order valence-corrected chi connectivity index (χ3v) is 8.75. The molecule has 3 atom stereocenters. The molecule has 0 saturated heterocycles. The molecule has 2 bridgehead atoms. The summed E-state index contributed by atoms with van der Waals surface area (Å²) in [6.45, 7) is 2.17. The van der Waals surface area contributed by atoms with Crippen molar-refractivity contribution in [3.63, 3.8) is 0 Å². The van der Waals surface area contributed by atoms with E-state index in [9.17, 15) is 0 Å². The van der Waals surface area contributed by atoms with E-state index in [1.54, 1.807) is 6.07 Å². The van der Waals surface area contributed by atoms with Crippen LogP contribution in [0.15, 0.2) is 93.5 Å². The van der Waals surface area contributed by atoms with Crippen molar-refractivity contribution < 1.29 is 9.13 Å². The predicted octanol–water partition coefficient (Wildman–Crippen LogP) is 6.88. The Labute approximate surface area is 175 Å². The van der Waals surface area contributed by atoms with Gasteiger partial charge in [-0.15, -0.1) is 0 Å². The summed E-state index contributed by atoms with van der Waals surface area (Å²) in [6, 6.07) is 26.2. The number of rotatable bonds is 5. The molecule has 29 heavy (non-hydrogen) atoms. The van der Waals surface area contributed by atoms with E-state index in [-0.39, 0.29) is 22.3 Å². The SMILES string of the molecule is CC1(Oc2ccc([S+](c3ccccc3)c3ccccc3)cc2F)CC2CCC1C2. The van der Waals surface area contributed by atoms with Crippen molar-refractivity contribution in [1.29, 1.82) is 0 Å². The highest BCUT2D eigenvalue weighted by molar-refractivity contribution is 7.97. The number of hydrogen-bond donors (Lipinski definition) is 0. The summed E-state index contributed by atoms with van der Waals surface area (Å²) in [6.07, 6.45) is 4.81. The molecule has 0 spiro atoms. The molecule has 0 aliphatic heterocycles. The van der Waals surface area contributed by atoms with Gasteiger partial charge in [-0.2, -0.15) is 0 Å². The normalized spacial score (nSPS) is 25.5. The molecule has 3 unspecified atom stereocenters. The molecule has 2 aliphatic rings. The van der Waals surface area contributed by atoms with Gasteiger partial charge in [-0.05, 0) is 80.8 Å². The van der Waals surface area contributed by atoms with Gasteiger partial charge in [0.15, 0.2) is 26.3 Å². The molecule has 0 radical (unpaired) electrons. The van der Waals surface area contributed by atoms with Crippen LogP contribution in [-0.2, 0) is 10.9 Å². The van der Waals surface area contributed by atoms with E-state index in [0.29, 0.717) is 11.7 Å². The molecule has 2 aliphatic carbocycles. The van der Waals surface area contributed by atoms with Crippen LogP contribution >= 0.6 is 0 Å². The molecule has 5 rings (SSSR count). The van der Waals surface area contributed by atoms with Gasteiger partial charge in [-0.25, -0.2) is 4.39 Å². The summed E-state index contributed by atoms with van der Waals surface area (Å²) in [5.74, 6) is 1.47. The lowest BCUT2D eigenvalue weighted by molar-refractivity contribution is 0.0276. The van der Waals surface area contributed by atoms with Gasteiger partial charge in [-0.3, -0.25) is 0 Å². The highest BCUT2D eigenvalue weighted by atomic mass is 32.2. The van der Waals surface area contributed by atoms with Crippen LogP contribution in [0.2, 0.25) is 0 Å². The number of fused-ring (bicyclic) bond motifs is 2. The Bertz CT molecular complexity index is 951. The molecular formula is C26H26FOS+. The molecule has 0 heterocycles. The Kier molecular flexibility index (Phi) is 4.87. The molecule has 148 valence electrons. The van der Waals surface area contributed by atoms with E-state index < -0.39 is 0 Å². The largest absolute Gasteiger partial charge is 0.484 e. The average Bonchev–Trinajstić information content (AvgIpc) is 3.33. The highest BCUT2D eigenvalue weighted by Crippen LogP contribution is 2.52. The third-order valence-electron chi connectivity index (χ3n) is 6.54. The lowest BCUT2D eigenvalue weighted by atomic mass is 9.85. The minimum absolute atomic E-state index is 0.216. The lowest BCUT2D eigenvalue weighted by Gasteiger charge is -2.34. The first-order valence-corrected chi connectivity index (χ1v) is 11.7. The molecule has 1 nitrogen and oxygen atoms in total. The zero-order chi connectivity index (χ0) is 19.8. The van der Waals surface area contributed by atoms with Crippen LogP contribution in [0.4, 0.5) is 4.39 Å². The molecule has 3 aromatic rings. The molecule has 0 N–H and O–H groups in total. The summed E-state index contributed by atoms with van der Waals surface area (Å²) >= 11 is 0. The fourth-order valence-electron chi connectivity index (χ4n) is 5.14. The molecule has 2 saturated carbocycles. The van der Waals surface area contributed by atoms with Gasteiger partial charge >= 0.3 is 0 Å². The van der Waals surface area contributed by atoms with Gasteiger partial charge < -0.3 is 4.74 Å². The number of ether oxygens (including phenoxy) is 1. The smallest absolute Gasteiger partial charge is 0.170 e. The van der Waals surface area contributed by atoms with Crippen molar-refractivity contribution in [3.8, 4) is 5.75 Å². The van der Waals surface area contributed by atoms with E-state index in [1.165, 1.54) is 29.1 Å². The van der Waals surface area contributed by atoms with Gasteiger partial charge in [0.2, 0.25) is 0 Å². The fraction of sp³-hybridized carbons (Fsp3) is 0.308. The van der Waals surface area contributed by atoms with Gasteiger partial charge in [-0.1, -0.05) is 36.4 Å². The Hall–Kier alpha value is -2.26. The zero-order valence-electron chi connectivity index (χ0n) is 16.7. The van der Waals surface area contributed by atoms with Crippen LogP contribution < -0.4 is 4.74 Å². The second kappa shape index (κ2) is 7.53. The minimum atomic E-state index is -0.345. The fourth-order valence-corrected chi connectivity index (χ4v) is 7.24. The Morgan fingerprint density at radius 2 is 1.52 bits per heavy atom. The maximum atomic E-state index is 15.2. The lowest BCUT2D eigenvalue weighted by Crippen LogP contribution is -2.38. The summed E-state index contributed by atoms with van der Waals surface area (Å²) in [7, 11) is -0.345. The van der Waals surface area contributed by atoms with Gasteiger partial charge in [0, 0.05) is 6.07 Å². The molecule has 0 amide bonds. The zero-order valence-corrected chi connectivity index (χ0v) is 17.5. The van der Waals surface area contributed by atoms with E-state index >= 15 is 4.39 Å². The van der Waals surface area contributed by atoms with Crippen molar-refractivity contribution >= 4 is 10.9 Å². The van der Waals surface area contributed by atoms with Crippen molar-refractivity contribution in [2.45, 2.75) is 52.9 Å². The second-order valence-electron chi connectivity index (χ2n) is 8.52. The van der Waals surface area contributed by atoms with Crippen LogP contribution in [0.3, 0.4) is 0 Å². The van der Waals surface area contributed by atoms with Gasteiger partial charge in [0.05, 0.1) is 10.9 Å². The molecule has 3 heteroatoms. The van der Waals surface area contributed by atoms with Crippen molar-refractivity contribution in [2.75, 3.05) is 0 Å². The monoisotopic (exact) mass is 405 g/mol. The van der Waals surface area contributed by atoms with Gasteiger partial charge in [0.1, 0.15) is 5.60 Å². The van der Waals surface area contributed by atoms with E-state index in [1.807, 2.05) is 48.5 Å². The van der Waals surface area contributed by atoms with Crippen molar-refractivity contribution in [3.05, 3.63) is 84.7 Å². The maximum Gasteiger partial charge on any atom is 0.170 e. The summed E-state index contributed by atoms with van der Waals surface area (Å²) < 4.78 is 21.5.